The first-order valence-electron chi connectivity index (χ1n) is 12.9. The maximum absolute atomic E-state index is 13.2. The number of carbonyl (C=O) groups is 2. The fourth-order valence-corrected chi connectivity index (χ4v) is 4.46. The van der Waals surface area contributed by atoms with Gasteiger partial charge < -0.3 is 28.8 Å². The van der Waals surface area contributed by atoms with Crippen LogP contribution in [0.5, 0.6) is 11.5 Å². The zero-order valence-corrected chi connectivity index (χ0v) is 22.4. The van der Waals surface area contributed by atoms with Gasteiger partial charge in [0.15, 0.2) is 5.76 Å². The average Bonchev–Trinajstić information content (AvgIpc) is 3.36. The lowest BCUT2D eigenvalue weighted by molar-refractivity contribution is 0.0684. The number of nitrogens with zero attached hydrogens (tertiary/aromatic N) is 3. The molecule has 1 N–H and O–H groups in total. The normalized spacial score (nSPS) is 13.7. The molecule has 2 heterocycles. The fourth-order valence-electron chi connectivity index (χ4n) is 4.46. The van der Waals surface area contributed by atoms with E-state index in [9.17, 15) is 14.7 Å². The highest BCUT2D eigenvalue weighted by Gasteiger charge is 2.27. The van der Waals surface area contributed by atoms with Crippen molar-refractivity contribution < 1.29 is 28.6 Å². The van der Waals surface area contributed by atoms with E-state index in [0.29, 0.717) is 30.3 Å². The molecule has 202 valence electrons. The summed E-state index contributed by atoms with van der Waals surface area (Å²) in [7, 11) is 1.61. The van der Waals surface area contributed by atoms with Gasteiger partial charge in [-0.25, -0.2) is 9.78 Å². The van der Waals surface area contributed by atoms with Crippen molar-refractivity contribution in [1.29, 1.82) is 0 Å². The lowest BCUT2D eigenvalue weighted by atomic mass is 10.1. The molecule has 1 fully saturated rings. The lowest BCUT2D eigenvalue weighted by Gasteiger charge is -2.32. The SMILES string of the molecule is COc1ccc(-c2nc(C(=O)N3CCCCC3)oc2-c2ccc(OCCN(C(=O)O)C(C)(C)C)cc2)cc1. The Morgan fingerprint density at radius 3 is 2.16 bits per heavy atom. The average molecular weight is 522 g/mol. The first-order valence-corrected chi connectivity index (χ1v) is 12.9. The van der Waals surface area contributed by atoms with Crippen LogP contribution in [0, 0.1) is 0 Å². The van der Waals surface area contributed by atoms with Gasteiger partial charge in [0.05, 0.1) is 13.7 Å². The van der Waals surface area contributed by atoms with Crippen LogP contribution in [0.2, 0.25) is 0 Å². The standard InChI is InChI=1S/C29H35N3O6/c1-29(2,3)32(28(34)35)18-19-37-23-14-10-21(11-15-23)25-24(20-8-12-22(36-4)13-9-20)30-26(38-25)27(33)31-16-6-5-7-17-31/h8-15H,5-7,16-19H2,1-4H3,(H,34,35). The summed E-state index contributed by atoms with van der Waals surface area (Å²) in [5.41, 5.74) is 1.60. The molecule has 9 nitrogen and oxygen atoms in total. The molecule has 0 spiro atoms. The minimum Gasteiger partial charge on any atom is -0.497 e. The second-order valence-corrected chi connectivity index (χ2v) is 10.3. The van der Waals surface area contributed by atoms with Gasteiger partial charge in [0.2, 0.25) is 0 Å². The molecule has 2 aromatic carbocycles. The number of carbonyl (C=O) groups excluding carboxylic acids is 1. The van der Waals surface area contributed by atoms with Gasteiger partial charge in [0.25, 0.3) is 5.89 Å². The summed E-state index contributed by atoms with van der Waals surface area (Å²) in [6.07, 6.45) is 2.09. The Hall–Kier alpha value is -4.01. The predicted octanol–water partition coefficient (Wildman–Crippen LogP) is 5.80. The third-order valence-corrected chi connectivity index (χ3v) is 6.56. The summed E-state index contributed by atoms with van der Waals surface area (Å²) >= 11 is 0. The number of amides is 2. The van der Waals surface area contributed by atoms with Gasteiger partial charge in [-0.3, -0.25) is 4.79 Å². The molecule has 0 unspecified atom stereocenters. The number of hydrogen-bond acceptors (Lipinski definition) is 6. The molecule has 4 rings (SSSR count). The molecule has 9 heteroatoms. The third-order valence-electron chi connectivity index (χ3n) is 6.56. The van der Waals surface area contributed by atoms with Gasteiger partial charge in [-0.1, -0.05) is 0 Å². The summed E-state index contributed by atoms with van der Waals surface area (Å²) in [5, 5.41) is 9.46. The van der Waals surface area contributed by atoms with Crippen LogP contribution in [-0.4, -0.2) is 70.8 Å². The highest BCUT2D eigenvalue weighted by atomic mass is 16.5. The zero-order chi connectivity index (χ0) is 27.3. The third kappa shape index (κ3) is 6.27. The van der Waals surface area contributed by atoms with Crippen LogP contribution in [0.3, 0.4) is 0 Å². The molecule has 0 bridgehead atoms. The smallest absolute Gasteiger partial charge is 0.407 e. The molecule has 1 aliphatic rings. The first-order chi connectivity index (χ1) is 18.2. The monoisotopic (exact) mass is 521 g/mol. The Kier molecular flexibility index (Phi) is 8.24. The number of rotatable bonds is 8. The Morgan fingerprint density at radius 1 is 0.974 bits per heavy atom. The van der Waals surface area contributed by atoms with Gasteiger partial charge in [-0.2, -0.15) is 0 Å². The Labute approximate surface area is 223 Å². The number of piperidine rings is 1. The van der Waals surface area contributed by atoms with E-state index in [4.69, 9.17) is 13.9 Å². The number of carboxylic acid groups (broad SMARTS) is 1. The van der Waals surface area contributed by atoms with Gasteiger partial charge >= 0.3 is 12.0 Å². The second kappa shape index (κ2) is 11.6. The number of likely N-dealkylation sites (tertiary alicyclic amines) is 1. The first kappa shape index (κ1) is 27.0. The van der Waals surface area contributed by atoms with Crippen molar-refractivity contribution in [3.8, 4) is 34.1 Å². The number of methoxy groups -OCH3 is 1. The Balaban J connectivity index is 1.57. The van der Waals surface area contributed by atoms with E-state index in [-0.39, 0.29) is 24.9 Å². The maximum atomic E-state index is 13.2. The predicted molar refractivity (Wildman–Crippen MR) is 144 cm³/mol. The summed E-state index contributed by atoms with van der Waals surface area (Å²) in [5.74, 6) is 1.68. The Bertz CT molecular complexity index is 1240. The number of aromatic nitrogens is 1. The molecule has 1 aliphatic heterocycles. The van der Waals surface area contributed by atoms with Gasteiger partial charge in [0.1, 0.15) is 23.8 Å². The molecule has 0 atom stereocenters. The summed E-state index contributed by atoms with van der Waals surface area (Å²) < 4.78 is 17.2. The number of benzene rings is 2. The molecule has 2 amide bonds. The van der Waals surface area contributed by atoms with Crippen LogP contribution in [-0.2, 0) is 0 Å². The number of hydrogen-bond donors (Lipinski definition) is 1. The van der Waals surface area contributed by atoms with E-state index >= 15 is 0 Å². The van der Waals surface area contributed by atoms with Crippen molar-refractivity contribution >= 4 is 12.0 Å². The zero-order valence-electron chi connectivity index (χ0n) is 22.4. The molecule has 1 aromatic heterocycles. The molecular formula is C29H35N3O6. The largest absolute Gasteiger partial charge is 0.497 e. The molecule has 0 aliphatic carbocycles. The summed E-state index contributed by atoms with van der Waals surface area (Å²) in [4.78, 5) is 32.5. The van der Waals surface area contributed by atoms with E-state index in [1.165, 1.54) is 4.90 Å². The molecule has 3 aromatic rings. The van der Waals surface area contributed by atoms with Gasteiger partial charge in [0, 0.05) is 29.8 Å². The molecule has 0 radical (unpaired) electrons. The van der Waals surface area contributed by atoms with Crippen molar-refractivity contribution in [2.24, 2.45) is 0 Å². The minimum atomic E-state index is -0.984. The van der Waals surface area contributed by atoms with Crippen molar-refractivity contribution in [3.05, 3.63) is 54.4 Å². The quantitative estimate of drug-likeness (QED) is 0.399. The van der Waals surface area contributed by atoms with E-state index in [1.54, 1.807) is 24.1 Å². The molecule has 1 saturated heterocycles. The van der Waals surface area contributed by atoms with Crippen molar-refractivity contribution in [2.45, 2.75) is 45.6 Å². The van der Waals surface area contributed by atoms with Crippen molar-refractivity contribution in [3.63, 3.8) is 0 Å². The van der Waals surface area contributed by atoms with Crippen LogP contribution in [0.25, 0.3) is 22.6 Å². The molecular weight excluding hydrogens is 486 g/mol. The molecule has 38 heavy (non-hydrogen) atoms. The highest BCUT2D eigenvalue weighted by molar-refractivity contribution is 5.92. The Morgan fingerprint density at radius 2 is 1.58 bits per heavy atom. The maximum Gasteiger partial charge on any atom is 0.407 e. The highest BCUT2D eigenvalue weighted by Crippen LogP contribution is 2.35. The fraction of sp³-hybridized carbons (Fsp3) is 0.414. The number of oxazole rings is 1. The van der Waals surface area contributed by atoms with E-state index in [0.717, 1.165) is 36.1 Å². The van der Waals surface area contributed by atoms with Crippen molar-refractivity contribution in [2.75, 3.05) is 33.4 Å². The van der Waals surface area contributed by atoms with Crippen LogP contribution in [0.4, 0.5) is 4.79 Å². The second-order valence-electron chi connectivity index (χ2n) is 10.3. The topological polar surface area (TPSA) is 105 Å². The lowest BCUT2D eigenvalue weighted by Crippen LogP contribution is -2.46. The summed E-state index contributed by atoms with van der Waals surface area (Å²) in [6, 6.07) is 14.7. The minimum absolute atomic E-state index is 0.0731. The van der Waals surface area contributed by atoms with Crippen LogP contribution in [0.15, 0.2) is 52.9 Å². The van der Waals surface area contributed by atoms with Crippen LogP contribution in [0.1, 0.15) is 50.7 Å². The summed E-state index contributed by atoms with van der Waals surface area (Å²) in [6.45, 7) is 7.40. The van der Waals surface area contributed by atoms with E-state index in [1.807, 2.05) is 57.2 Å². The van der Waals surface area contributed by atoms with E-state index < -0.39 is 11.6 Å². The van der Waals surface area contributed by atoms with Gasteiger partial charge in [-0.05, 0) is 88.6 Å². The molecule has 0 saturated carbocycles. The van der Waals surface area contributed by atoms with E-state index in [2.05, 4.69) is 4.98 Å². The number of ether oxygens (including phenoxy) is 2. The van der Waals surface area contributed by atoms with Crippen molar-refractivity contribution in [1.82, 2.24) is 14.8 Å². The van der Waals surface area contributed by atoms with Gasteiger partial charge in [-0.15, -0.1) is 0 Å². The van der Waals surface area contributed by atoms with Crippen LogP contribution < -0.4 is 9.47 Å². The van der Waals surface area contributed by atoms with Crippen LogP contribution >= 0.6 is 0 Å².